The van der Waals surface area contributed by atoms with Gasteiger partial charge in [-0.25, -0.2) is 8.42 Å². The number of carbonyl (C=O) groups excluding carboxylic acids is 2. The molecule has 0 aromatic heterocycles. The number of anilines is 2. The lowest BCUT2D eigenvalue weighted by Gasteiger charge is -2.19. The molecule has 2 heterocycles. The Morgan fingerprint density at radius 3 is 2.29 bits per heavy atom. The Morgan fingerprint density at radius 2 is 1.57 bits per heavy atom. The van der Waals surface area contributed by atoms with E-state index < -0.39 is 10.0 Å². The maximum absolute atomic E-state index is 13.0. The van der Waals surface area contributed by atoms with E-state index >= 15 is 0 Å². The summed E-state index contributed by atoms with van der Waals surface area (Å²) in [5, 5.41) is 2.89. The molecule has 35 heavy (non-hydrogen) atoms. The fourth-order valence-electron chi connectivity index (χ4n) is 4.64. The van der Waals surface area contributed by atoms with Crippen LogP contribution in [0.3, 0.4) is 0 Å². The van der Waals surface area contributed by atoms with Crippen LogP contribution < -0.4 is 9.62 Å². The number of hydrogen-bond donors (Lipinski definition) is 1. The Morgan fingerprint density at radius 1 is 0.857 bits per heavy atom. The second-order valence-electron chi connectivity index (χ2n) is 8.90. The number of sulfonamides is 1. The summed E-state index contributed by atoms with van der Waals surface area (Å²) < 4.78 is 27.5. The summed E-state index contributed by atoms with van der Waals surface area (Å²) in [4.78, 5) is 27.3. The summed E-state index contributed by atoms with van der Waals surface area (Å²) in [5.41, 5.74) is 3.46. The molecule has 0 bridgehead atoms. The molecule has 0 saturated carbocycles. The highest BCUT2D eigenvalue weighted by Crippen LogP contribution is 2.33. The van der Waals surface area contributed by atoms with Crippen LogP contribution in [0.15, 0.2) is 77.7 Å². The highest BCUT2D eigenvalue weighted by molar-refractivity contribution is 7.92. The molecule has 2 aliphatic rings. The molecule has 3 aromatic rings. The summed E-state index contributed by atoms with van der Waals surface area (Å²) in [5.74, 6) is -0.126. The molecule has 1 N–H and O–H groups in total. The number of benzene rings is 3. The van der Waals surface area contributed by atoms with Gasteiger partial charge < -0.3 is 10.2 Å². The number of nitrogens with zero attached hydrogens (tertiary/aromatic N) is 2. The molecule has 1 fully saturated rings. The van der Waals surface area contributed by atoms with E-state index in [0.717, 1.165) is 37.1 Å². The molecule has 2 amide bonds. The zero-order valence-electron chi connectivity index (χ0n) is 19.3. The number of amides is 2. The van der Waals surface area contributed by atoms with Crippen molar-refractivity contribution in [2.24, 2.45) is 0 Å². The minimum Gasteiger partial charge on any atom is -0.342 e. The highest BCUT2D eigenvalue weighted by atomic mass is 32.2. The Bertz CT molecular complexity index is 1350. The van der Waals surface area contributed by atoms with Gasteiger partial charge in [-0.3, -0.25) is 13.9 Å². The maximum atomic E-state index is 13.0. The molecule has 0 aliphatic carbocycles. The Balaban J connectivity index is 1.25. The van der Waals surface area contributed by atoms with Crippen molar-refractivity contribution < 1.29 is 18.0 Å². The fraction of sp³-hybridized carbons (Fsp3) is 0.259. The van der Waals surface area contributed by atoms with Gasteiger partial charge in [0.2, 0.25) is 5.91 Å². The molecule has 7 nitrogen and oxygen atoms in total. The summed E-state index contributed by atoms with van der Waals surface area (Å²) in [7, 11) is -3.65. The lowest BCUT2D eigenvalue weighted by molar-refractivity contribution is -0.129. The molecule has 3 aromatic carbocycles. The zero-order chi connectivity index (χ0) is 24.4. The Labute approximate surface area is 205 Å². The number of hydrogen-bond acceptors (Lipinski definition) is 4. The van der Waals surface area contributed by atoms with Gasteiger partial charge in [0.05, 0.1) is 17.0 Å². The number of fused-ring (bicyclic) bond motifs is 1. The van der Waals surface area contributed by atoms with Crippen molar-refractivity contribution in [3.05, 3.63) is 89.5 Å². The maximum Gasteiger partial charge on any atom is 0.264 e. The van der Waals surface area contributed by atoms with Crippen LogP contribution in [0.25, 0.3) is 0 Å². The topological polar surface area (TPSA) is 86.8 Å². The summed E-state index contributed by atoms with van der Waals surface area (Å²) in [6.45, 7) is 2.02. The molecule has 0 radical (unpaired) electrons. The van der Waals surface area contributed by atoms with E-state index in [1.54, 1.807) is 60.7 Å². The van der Waals surface area contributed by atoms with Crippen LogP contribution in [0.2, 0.25) is 0 Å². The Hall–Kier alpha value is -3.65. The molecule has 0 unspecified atom stereocenters. The van der Waals surface area contributed by atoms with Crippen LogP contribution in [0.5, 0.6) is 0 Å². The molecular formula is C27H27N3O4S. The predicted molar refractivity (Wildman–Crippen MR) is 135 cm³/mol. The molecular weight excluding hydrogens is 462 g/mol. The van der Waals surface area contributed by atoms with Crippen molar-refractivity contribution in [1.29, 1.82) is 0 Å². The van der Waals surface area contributed by atoms with Crippen molar-refractivity contribution in [1.82, 2.24) is 4.90 Å². The van der Waals surface area contributed by atoms with Crippen LogP contribution in [-0.2, 0) is 27.7 Å². The smallest absolute Gasteiger partial charge is 0.264 e. The van der Waals surface area contributed by atoms with Gasteiger partial charge in [0.1, 0.15) is 0 Å². The largest absolute Gasteiger partial charge is 0.342 e. The van der Waals surface area contributed by atoms with Crippen LogP contribution in [0.1, 0.15) is 34.3 Å². The summed E-state index contributed by atoms with van der Waals surface area (Å²) in [6.07, 6.45) is 3.05. The summed E-state index contributed by atoms with van der Waals surface area (Å²) in [6, 6.07) is 20.8. The van der Waals surface area contributed by atoms with E-state index in [2.05, 4.69) is 5.32 Å². The first kappa shape index (κ1) is 23.1. The minimum absolute atomic E-state index is 0.140. The van der Waals surface area contributed by atoms with E-state index in [-0.39, 0.29) is 16.7 Å². The lowest BCUT2D eigenvalue weighted by atomic mass is 10.1. The third kappa shape index (κ3) is 4.79. The molecule has 8 heteroatoms. The fourth-order valence-corrected chi connectivity index (χ4v) is 6.17. The number of rotatable bonds is 6. The highest BCUT2D eigenvalue weighted by Gasteiger charge is 2.31. The van der Waals surface area contributed by atoms with E-state index in [1.807, 2.05) is 17.0 Å². The van der Waals surface area contributed by atoms with Gasteiger partial charge in [0.15, 0.2) is 0 Å². The number of carbonyl (C=O) groups is 2. The average molecular weight is 490 g/mol. The van der Waals surface area contributed by atoms with E-state index in [1.165, 1.54) is 4.31 Å². The second-order valence-corrected chi connectivity index (χ2v) is 10.8. The standard InChI is InChI=1S/C27H27N3O4S/c31-26(29-15-4-5-16-29)18-20-8-11-23(12-9-20)28-27(32)22-10-13-25-21(19-22)14-17-30(25)35(33,34)24-6-2-1-3-7-24/h1-3,6-13,19H,4-5,14-18H2,(H,28,32). The van der Waals surface area contributed by atoms with Crippen molar-refractivity contribution in [2.75, 3.05) is 29.3 Å². The van der Waals surface area contributed by atoms with Crippen LogP contribution in [-0.4, -0.2) is 44.8 Å². The molecule has 1 saturated heterocycles. The Kier molecular flexibility index (Phi) is 6.30. The SMILES string of the molecule is O=C(Nc1ccc(CC(=O)N2CCCC2)cc1)c1ccc2c(c1)CCN2S(=O)(=O)c1ccccc1. The molecule has 0 atom stereocenters. The van der Waals surface area contributed by atoms with Crippen LogP contribution in [0.4, 0.5) is 11.4 Å². The van der Waals surface area contributed by atoms with E-state index in [0.29, 0.717) is 36.3 Å². The molecule has 180 valence electrons. The first-order chi connectivity index (χ1) is 16.9. The van der Waals surface area contributed by atoms with Gasteiger partial charge in [0.25, 0.3) is 15.9 Å². The summed E-state index contributed by atoms with van der Waals surface area (Å²) >= 11 is 0. The van der Waals surface area contributed by atoms with Crippen LogP contribution >= 0.6 is 0 Å². The quantitative estimate of drug-likeness (QED) is 0.570. The van der Waals surface area contributed by atoms with Gasteiger partial charge >= 0.3 is 0 Å². The second kappa shape index (κ2) is 9.54. The van der Waals surface area contributed by atoms with Gasteiger partial charge in [-0.15, -0.1) is 0 Å². The molecule has 2 aliphatic heterocycles. The first-order valence-electron chi connectivity index (χ1n) is 11.8. The third-order valence-corrected chi connectivity index (χ3v) is 8.38. The lowest BCUT2D eigenvalue weighted by Crippen LogP contribution is -2.29. The average Bonchev–Trinajstić information content (AvgIpc) is 3.56. The zero-order valence-corrected chi connectivity index (χ0v) is 20.1. The van der Waals surface area contributed by atoms with E-state index in [4.69, 9.17) is 0 Å². The van der Waals surface area contributed by atoms with Gasteiger partial charge in [-0.05, 0) is 72.9 Å². The van der Waals surface area contributed by atoms with Crippen LogP contribution in [0, 0.1) is 0 Å². The van der Waals surface area contributed by atoms with E-state index in [9.17, 15) is 18.0 Å². The van der Waals surface area contributed by atoms with Crippen molar-refractivity contribution >= 4 is 33.2 Å². The molecule has 0 spiro atoms. The molecule has 5 rings (SSSR count). The third-order valence-electron chi connectivity index (χ3n) is 6.55. The minimum atomic E-state index is -3.65. The normalized spacial score (nSPS) is 15.2. The van der Waals surface area contributed by atoms with Crippen molar-refractivity contribution in [3.63, 3.8) is 0 Å². The van der Waals surface area contributed by atoms with Gasteiger partial charge in [0, 0.05) is 30.9 Å². The van der Waals surface area contributed by atoms with Crippen molar-refractivity contribution in [2.45, 2.75) is 30.6 Å². The number of nitrogens with one attached hydrogen (secondary N) is 1. The number of likely N-dealkylation sites (tertiary alicyclic amines) is 1. The predicted octanol–water partition coefficient (Wildman–Crippen LogP) is 3.86. The first-order valence-corrected chi connectivity index (χ1v) is 13.2. The van der Waals surface area contributed by atoms with Gasteiger partial charge in [-0.1, -0.05) is 30.3 Å². The van der Waals surface area contributed by atoms with Gasteiger partial charge in [-0.2, -0.15) is 0 Å². The monoisotopic (exact) mass is 489 g/mol. The van der Waals surface area contributed by atoms with Crippen molar-refractivity contribution in [3.8, 4) is 0 Å².